The van der Waals surface area contributed by atoms with Gasteiger partial charge in [-0.15, -0.1) is 5.10 Å². The molecule has 0 aliphatic carbocycles. The molecule has 0 aliphatic rings. The van der Waals surface area contributed by atoms with Crippen molar-refractivity contribution in [1.82, 2.24) is 25.1 Å². The van der Waals surface area contributed by atoms with Gasteiger partial charge in [0, 0.05) is 12.6 Å². The molecule has 2 aromatic carbocycles. The van der Waals surface area contributed by atoms with Crippen LogP contribution in [-0.2, 0) is 11.3 Å². The van der Waals surface area contributed by atoms with Crippen LogP contribution in [0.1, 0.15) is 19.4 Å². The van der Waals surface area contributed by atoms with Gasteiger partial charge in [-0.1, -0.05) is 42.1 Å². The number of aromatic nitrogens is 4. The zero-order valence-electron chi connectivity index (χ0n) is 15.2. The van der Waals surface area contributed by atoms with Crippen LogP contribution in [0.3, 0.4) is 0 Å². The summed E-state index contributed by atoms with van der Waals surface area (Å²) in [5.74, 6) is 0.438. The van der Waals surface area contributed by atoms with Gasteiger partial charge in [0.1, 0.15) is 5.75 Å². The van der Waals surface area contributed by atoms with Gasteiger partial charge in [0.25, 0.3) is 0 Å². The lowest BCUT2D eigenvalue weighted by molar-refractivity contribution is -0.130. The van der Waals surface area contributed by atoms with Crippen LogP contribution in [-0.4, -0.2) is 47.9 Å². The maximum atomic E-state index is 12.8. The lowest BCUT2D eigenvalue weighted by Crippen LogP contribution is -2.37. The first kappa shape index (κ1) is 18.9. The van der Waals surface area contributed by atoms with Crippen molar-refractivity contribution in [1.29, 1.82) is 0 Å². The van der Waals surface area contributed by atoms with Crippen molar-refractivity contribution >= 4 is 17.7 Å². The van der Waals surface area contributed by atoms with Crippen molar-refractivity contribution in [2.45, 2.75) is 31.6 Å². The summed E-state index contributed by atoms with van der Waals surface area (Å²) in [5, 5.41) is 21.6. The molecule has 8 heteroatoms. The maximum Gasteiger partial charge on any atom is 0.233 e. The van der Waals surface area contributed by atoms with E-state index in [-0.39, 0.29) is 23.5 Å². The minimum Gasteiger partial charge on any atom is -0.508 e. The molecule has 1 aromatic heterocycles. The number of amides is 1. The van der Waals surface area contributed by atoms with Crippen molar-refractivity contribution in [2.75, 3.05) is 5.75 Å². The third kappa shape index (κ3) is 4.85. The largest absolute Gasteiger partial charge is 0.508 e. The Balaban J connectivity index is 1.67. The topological polar surface area (TPSA) is 84.1 Å². The van der Waals surface area contributed by atoms with Gasteiger partial charge >= 0.3 is 0 Å². The molecular formula is C19H21N5O2S. The number of hydrogen-bond donors (Lipinski definition) is 1. The summed E-state index contributed by atoms with van der Waals surface area (Å²) in [7, 11) is 0. The van der Waals surface area contributed by atoms with Gasteiger partial charge in [0.15, 0.2) is 0 Å². The van der Waals surface area contributed by atoms with Gasteiger partial charge in [-0.25, -0.2) is 0 Å². The molecule has 1 amide bonds. The first-order valence-electron chi connectivity index (χ1n) is 8.58. The molecule has 27 heavy (non-hydrogen) atoms. The molecule has 0 spiro atoms. The Hall–Kier alpha value is -2.87. The Kier molecular flexibility index (Phi) is 6.08. The minimum atomic E-state index is 0.0270. The second-order valence-electron chi connectivity index (χ2n) is 6.28. The molecule has 140 valence electrons. The van der Waals surface area contributed by atoms with Crippen molar-refractivity contribution in [3.8, 4) is 11.4 Å². The minimum absolute atomic E-state index is 0.0270. The summed E-state index contributed by atoms with van der Waals surface area (Å²) in [6.07, 6.45) is 0. The number of thioether (sulfide) groups is 1. The van der Waals surface area contributed by atoms with Crippen LogP contribution in [0, 0.1) is 0 Å². The fourth-order valence-corrected chi connectivity index (χ4v) is 3.35. The lowest BCUT2D eigenvalue weighted by Gasteiger charge is -2.26. The zero-order valence-corrected chi connectivity index (χ0v) is 16.0. The van der Waals surface area contributed by atoms with Crippen LogP contribution < -0.4 is 0 Å². The molecule has 0 radical (unpaired) electrons. The average molecular weight is 383 g/mol. The number of tetrazole rings is 1. The van der Waals surface area contributed by atoms with Crippen LogP contribution >= 0.6 is 11.8 Å². The van der Waals surface area contributed by atoms with E-state index in [4.69, 9.17) is 0 Å². The average Bonchev–Trinajstić information content (AvgIpc) is 3.14. The molecule has 7 nitrogen and oxygen atoms in total. The lowest BCUT2D eigenvalue weighted by atomic mass is 10.2. The maximum absolute atomic E-state index is 12.8. The molecule has 0 atom stereocenters. The van der Waals surface area contributed by atoms with E-state index in [1.807, 2.05) is 49.1 Å². The van der Waals surface area contributed by atoms with E-state index < -0.39 is 0 Å². The third-order valence-electron chi connectivity index (χ3n) is 4.00. The Morgan fingerprint density at radius 2 is 1.85 bits per heavy atom. The Morgan fingerprint density at radius 1 is 1.15 bits per heavy atom. The van der Waals surface area contributed by atoms with E-state index in [9.17, 15) is 9.90 Å². The van der Waals surface area contributed by atoms with E-state index in [0.29, 0.717) is 11.7 Å². The molecule has 0 unspecified atom stereocenters. The molecule has 0 aliphatic heterocycles. The highest BCUT2D eigenvalue weighted by molar-refractivity contribution is 7.99. The Labute approximate surface area is 162 Å². The van der Waals surface area contributed by atoms with Crippen LogP contribution in [0.4, 0.5) is 0 Å². The number of benzene rings is 2. The summed E-state index contributed by atoms with van der Waals surface area (Å²) < 4.78 is 1.55. The van der Waals surface area contributed by atoms with Crippen molar-refractivity contribution in [3.63, 3.8) is 0 Å². The Bertz CT molecular complexity index is 881. The van der Waals surface area contributed by atoms with Gasteiger partial charge in [-0.05, 0) is 54.1 Å². The van der Waals surface area contributed by atoms with Crippen LogP contribution in [0.25, 0.3) is 5.69 Å². The van der Waals surface area contributed by atoms with Gasteiger partial charge in [-0.3, -0.25) is 4.79 Å². The smallest absolute Gasteiger partial charge is 0.233 e. The normalized spacial score (nSPS) is 10.9. The number of nitrogens with zero attached hydrogens (tertiary/aromatic N) is 5. The van der Waals surface area contributed by atoms with Gasteiger partial charge in [0.05, 0.1) is 11.4 Å². The molecule has 3 rings (SSSR count). The van der Waals surface area contributed by atoms with Gasteiger partial charge in [-0.2, -0.15) is 4.68 Å². The van der Waals surface area contributed by atoms with E-state index >= 15 is 0 Å². The highest BCUT2D eigenvalue weighted by Gasteiger charge is 2.19. The first-order valence-corrected chi connectivity index (χ1v) is 9.57. The number of carbonyl (C=O) groups is 1. The second-order valence-corrected chi connectivity index (χ2v) is 7.22. The summed E-state index contributed by atoms with van der Waals surface area (Å²) in [6, 6.07) is 16.6. The molecular weight excluding hydrogens is 362 g/mol. The number of hydrogen-bond acceptors (Lipinski definition) is 6. The van der Waals surface area contributed by atoms with Crippen molar-refractivity contribution in [2.24, 2.45) is 0 Å². The summed E-state index contributed by atoms with van der Waals surface area (Å²) in [6.45, 7) is 4.58. The monoisotopic (exact) mass is 383 g/mol. The highest BCUT2D eigenvalue weighted by Crippen LogP contribution is 2.21. The highest BCUT2D eigenvalue weighted by atomic mass is 32.2. The number of phenolic OH excluding ortho intramolecular Hbond substituents is 1. The summed E-state index contributed by atoms with van der Waals surface area (Å²) >= 11 is 1.29. The summed E-state index contributed by atoms with van der Waals surface area (Å²) in [4.78, 5) is 14.6. The van der Waals surface area contributed by atoms with Gasteiger partial charge < -0.3 is 10.0 Å². The molecule has 0 saturated heterocycles. The number of aromatic hydroxyl groups is 1. The number of rotatable bonds is 7. The number of phenols is 1. The van der Waals surface area contributed by atoms with E-state index in [0.717, 1.165) is 11.3 Å². The third-order valence-corrected chi connectivity index (χ3v) is 4.90. The van der Waals surface area contributed by atoms with Crippen LogP contribution in [0.15, 0.2) is 59.8 Å². The SMILES string of the molecule is CC(C)N(Cc1ccccc1)C(=O)CSc1nnnn1-c1ccc(O)cc1. The fourth-order valence-electron chi connectivity index (χ4n) is 2.57. The predicted molar refractivity (Wildman–Crippen MR) is 104 cm³/mol. The molecule has 3 aromatic rings. The van der Waals surface area contributed by atoms with Crippen molar-refractivity contribution in [3.05, 3.63) is 60.2 Å². The van der Waals surface area contributed by atoms with Crippen molar-refractivity contribution < 1.29 is 9.90 Å². The molecule has 0 bridgehead atoms. The standard InChI is InChI=1S/C19H21N5O2S/c1-14(2)23(12-15-6-4-3-5-7-15)18(26)13-27-19-20-21-22-24(19)16-8-10-17(25)11-9-16/h3-11,14,25H,12-13H2,1-2H3. The molecule has 1 N–H and O–H groups in total. The van der Waals surface area contributed by atoms with E-state index in [2.05, 4.69) is 15.5 Å². The van der Waals surface area contributed by atoms with E-state index in [1.165, 1.54) is 11.8 Å². The van der Waals surface area contributed by atoms with Crippen LogP contribution in [0.2, 0.25) is 0 Å². The molecule has 1 heterocycles. The zero-order chi connectivity index (χ0) is 19.2. The van der Waals surface area contributed by atoms with Gasteiger partial charge in [0.2, 0.25) is 11.1 Å². The first-order chi connectivity index (χ1) is 13.0. The summed E-state index contributed by atoms with van der Waals surface area (Å²) in [5.41, 5.74) is 1.82. The quantitative estimate of drug-likeness (QED) is 0.632. The Morgan fingerprint density at radius 3 is 2.52 bits per heavy atom. The van der Waals surface area contributed by atoms with E-state index in [1.54, 1.807) is 28.9 Å². The molecule has 0 fully saturated rings. The predicted octanol–water partition coefficient (Wildman–Crippen LogP) is 2.90. The van der Waals surface area contributed by atoms with Crippen LogP contribution in [0.5, 0.6) is 5.75 Å². The fraction of sp³-hybridized carbons (Fsp3) is 0.263. The number of carbonyl (C=O) groups excluding carboxylic acids is 1. The second kappa shape index (κ2) is 8.68. The molecule has 0 saturated carbocycles.